The first-order valence-corrected chi connectivity index (χ1v) is 13.2. The molecule has 0 amide bonds. The molecule has 0 aliphatic heterocycles. The fourth-order valence-corrected chi connectivity index (χ4v) is 4.29. The molecule has 0 unspecified atom stereocenters. The number of unbranched alkanes of at least 4 members (excludes halogenated alkanes) is 18. The molecule has 0 spiro atoms. The molecule has 2 N–H and O–H groups in total. The van der Waals surface area contributed by atoms with E-state index >= 15 is 0 Å². The number of hydrogen-bond donors (Lipinski definition) is 2. The number of hydrogen-bond acceptors (Lipinski definition) is 2. The molecule has 0 bridgehead atoms. The first kappa shape index (κ1) is 26.9. The Morgan fingerprint density at radius 1 is 0.500 bits per heavy atom. The van der Waals surface area contributed by atoms with Gasteiger partial charge in [-0.15, -0.1) is 0 Å². The summed E-state index contributed by atoms with van der Waals surface area (Å²) in [5.41, 5.74) is 1.62. The van der Waals surface area contributed by atoms with Crippen molar-refractivity contribution < 1.29 is 10.2 Å². The van der Waals surface area contributed by atoms with E-state index in [1.807, 2.05) is 0 Å². The van der Waals surface area contributed by atoms with Gasteiger partial charge in [0.05, 0.1) is 0 Å². The van der Waals surface area contributed by atoms with Gasteiger partial charge in [0, 0.05) is 5.56 Å². The van der Waals surface area contributed by atoms with Crippen molar-refractivity contribution >= 4 is 0 Å². The van der Waals surface area contributed by atoms with E-state index in [1.165, 1.54) is 116 Å². The highest BCUT2D eigenvalue weighted by atomic mass is 16.3. The van der Waals surface area contributed by atoms with Crippen LogP contribution in [0, 0.1) is 6.92 Å². The third-order valence-electron chi connectivity index (χ3n) is 6.48. The summed E-state index contributed by atoms with van der Waals surface area (Å²) in [4.78, 5) is 0. The fraction of sp³-hybridized carbons (Fsp3) is 0.786. The van der Waals surface area contributed by atoms with Gasteiger partial charge >= 0.3 is 0 Å². The fourth-order valence-electron chi connectivity index (χ4n) is 4.29. The van der Waals surface area contributed by atoms with Gasteiger partial charge in [0.2, 0.25) is 0 Å². The minimum atomic E-state index is 0.211. The van der Waals surface area contributed by atoms with Crippen LogP contribution in [-0.2, 0) is 6.42 Å². The standard InChI is InChI=1S/C28H50O2/c1-3-4-5-6-7-8-9-10-11-12-13-14-15-16-17-18-19-20-21-22-26-23-27(29)25(2)28(30)24-26/h23-24,29-30H,3-22H2,1-2H3. The monoisotopic (exact) mass is 418 g/mol. The van der Waals surface area contributed by atoms with Crippen LogP contribution in [-0.4, -0.2) is 10.2 Å². The predicted octanol–water partition coefficient (Wildman–Crippen LogP) is 9.38. The van der Waals surface area contributed by atoms with Crippen LogP contribution in [0.1, 0.15) is 140 Å². The molecule has 1 aromatic rings. The maximum Gasteiger partial charge on any atom is 0.122 e. The number of aryl methyl sites for hydroxylation is 1. The highest BCUT2D eigenvalue weighted by Gasteiger charge is 2.05. The molecule has 0 atom stereocenters. The minimum absolute atomic E-state index is 0.211. The summed E-state index contributed by atoms with van der Waals surface area (Å²) < 4.78 is 0. The molecule has 30 heavy (non-hydrogen) atoms. The quantitative estimate of drug-likeness (QED) is 0.207. The van der Waals surface area contributed by atoms with E-state index in [4.69, 9.17) is 0 Å². The van der Waals surface area contributed by atoms with Gasteiger partial charge in [-0.05, 0) is 37.5 Å². The molecule has 174 valence electrons. The molecule has 2 heteroatoms. The van der Waals surface area contributed by atoms with E-state index in [1.54, 1.807) is 19.1 Å². The van der Waals surface area contributed by atoms with Gasteiger partial charge in [-0.25, -0.2) is 0 Å². The molecule has 0 fully saturated rings. The zero-order valence-electron chi connectivity index (χ0n) is 20.2. The Kier molecular flexibility index (Phi) is 16.6. The number of rotatable bonds is 20. The molecule has 0 aromatic heterocycles. The Hall–Kier alpha value is -1.18. The average molecular weight is 419 g/mol. The van der Waals surface area contributed by atoms with E-state index in [2.05, 4.69) is 6.92 Å². The van der Waals surface area contributed by atoms with Crippen LogP contribution in [0.15, 0.2) is 12.1 Å². The van der Waals surface area contributed by atoms with Crippen LogP contribution in [0.3, 0.4) is 0 Å². The van der Waals surface area contributed by atoms with Crippen molar-refractivity contribution in [3.8, 4) is 11.5 Å². The van der Waals surface area contributed by atoms with Crippen LogP contribution in [0.5, 0.6) is 11.5 Å². The normalized spacial score (nSPS) is 11.3. The molecular weight excluding hydrogens is 368 g/mol. The lowest BCUT2D eigenvalue weighted by atomic mass is 10.0. The van der Waals surface area contributed by atoms with Crippen LogP contribution in [0.25, 0.3) is 0 Å². The van der Waals surface area contributed by atoms with E-state index in [0.717, 1.165) is 18.4 Å². The second-order valence-corrected chi connectivity index (χ2v) is 9.37. The molecule has 0 heterocycles. The Labute approximate surface area is 187 Å². The molecule has 0 radical (unpaired) electrons. The summed E-state index contributed by atoms with van der Waals surface area (Å²) in [6.07, 6.45) is 27.4. The lowest BCUT2D eigenvalue weighted by Crippen LogP contribution is -1.88. The summed E-state index contributed by atoms with van der Waals surface area (Å²) in [6, 6.07) is 3.59. The molecule has 0 saturated heterocycles. The molecule has 0 aliphatic carbocycles. The minimum Gasteiger partial charge on any atom is -0.508 e. The number of phenols is 2. The molecule has 1 aromatic carbocycles. The van der Waals surface area contributed by atoms with Gasteiger partial charge in [-0.3, -0.25) is 0 Å². The summed E-state index contributed by atoms with van der Waals surface area (Å²) in [7, 11) is 0. The predicted molar refractivity (Wildman–Crippen MR) is 132 cm³/mol. The zero-order chi connectivity index (χ0) is 21.9. The van der Waals surface area contributed by atoms with Crippen molar-refractivity contribution in [1.82, 2.24) is 0 Å². The highest BCUT2D eigenvalue weighted by Crippen LogP contribution is 2.28. The van der Waals surface area contributed by atoms with Crippen LogP contribution >= 0.6 is 0 Å². The SMILES string of the molecule is CCCCCCCCCCCCCCCCCCCCCc1cc(O)c(C)c(O)c1. The smallest absolute Gasteiger partial charge is 0.122 e. The van der Waals surface area contributed by atoms with Gasteiger partial charge in [-0.2, -0.15) is 0 Å². The Morgan fingerprint density at radius 3 is 1.13 bits per heavy atom. The van der Waals surface area contributed by atoms with Crippen molar-refractivity contribution in [1.29, 1.82) is 0 Å². The Bertz CT molecular complexity index is 500. The average Bonchev–Trinajstić information content (AvgIpc) is 2.73. The van der Waals surface area contributed by atoms with Gasteiger partial charge in [0.1, 0.15) is 11.5 Å². The van der Waals surface area contributed by atoms with Crippen LogP contribution < -0.4 is 0 Å². The lowest BCUT2D eigenvalue weighted by Gasteiger charge is -2.07. The van der Waals surface area contributed by atoms with Crippen molar-refractivity contribution in [2.24, 2.45) is 0 Å². The highest BCUT2D eigenvalue weighted by molar-refractivity contribution is 5.45. The number of aromatic hydroxyl groups is 2. The van der Waals surface area contributed by atoms with Crippen LogP contribution in [0.4, 0.5) is 0 Å². The van der Waals surface area contributed by atoms with Gasteiger partial charge in [-0.1, -0.05) is 122 Å². The van der Waals surface area contributed by atoms with Crippen molar-refractivity contribution in [2.75, 3.05) is 0 Å². The Morgan fingerprint density at radius 2 is 0.800 bits per heavy atom. The van der Waals surface area contributed by atoms with Gasteiger partial charge in [0.15, 0.2) is 0 Å². The van der Waals surface area contributed by atoms with E-state index in [9.17, 15) is 10.2 Å². The summed E-state index contributed by atoms with van der Waals surface area (Å²) in [5.74, 6) is 0.422. The van der Waals surface area contributed by atoms with E-state index in [0.29, 0.717) is 5.56 Å². The maximum absolute atomic E-state index is 9.78. The van der Waals surface area contributed by atoms with Gasteiger partial charge < -0.3 is 10.2 Å². The van der Waals surface area contributed by atoms with Gasteiger partial charge in [0.25, 0.3) is 0 Å². The third-order valence-corrected chi connectivity index (χ3v) is 6.48. The molecule has 2 nitrogen and oxygen atoms in total. The van der Waals surface area contributed by atoms with E-state index < -0.39 is 0 Å². The summed E-state index contributed by atoms with van der Waals surface area (Å²) in [5, 5.41) is 19.6. The molecular formula is C28H50O2. The number of phenolic OH excluding ortho intramolecular Hbond substituents is 2. The molecule has 1 rings (SSSR count). The van der Waals surface area contributed by atoms with Crippen LogP contribution in [0.2, 0.25) is 0 Å². The first-order chi connectivity index (χ1) is 14.6. The molecule has 0 saturated carbocycles. The maximum atomic E-state index is 9.78. The Balaban J connectivity index is 1.79. The lowest BCUT2D eigenvalue weighted by molar-refractivity contribution is 0.441. The zero-order valence-corrected chi connectivity index (χ0v) is 20.2. The summed E-state index contributed by atoms with van der Waals surface area (Å²) >= 11 is 0. The largest absolute Gasteiger partial charge is 0.508 e. The van der Waals surface area contributed by atoms with Crippen molar-refractivity contribution in [3.05, 3.63) is 23.3 Å². The summed E-state index contributed by atoms with van der Waals surface area (Å²) in [6.45, 7) is 4.03. The topological polar surface area (TPSA) is 40.5 Å². The first-order valence-electron chi connectivity index (χ1n) is 13.2. The third kappa shape index (κ3) is 13.9. The second-order valence-electron chi connectivity index (χ2n) is 9.37. The van der Waals surface area contributed by atoms with Crippen molar-refractivity contribution in [3.63, 3.8) is 0 Å². The second kappa shape index (κ2) is 18.6. The number of benzene rings is 1. The molecule has 0 aliphatic rings. The van der Waals surface area contributed by atoms with E-state index in [-0.39, 0.29) is 11.5 Å². The van der Waals surface area contributed by atoms with Crippen molar-refractivity contribution in [2.45, 2.75) is 142 Å².